The molecule has 1 aromatic carbocycles. The largest absolute Gasteiger partial charge is 0.344 e. The molecule has 2 aliphatic heterocycles. The van der Waals surface area contributed by atoms with Crippen LogP contribution in [0.1, 0.15) is 38.2 Å². The minimum Gasteiger partial charge on any atom is -0.344 e. The summed E-state index contributed by atoms with van der Waals surface area (Å²) in [5.74, 6) is 0.969. The van der Waals surface area contributed by atoms with Crippen LogP contribution in [0, 0.1) is 0 Å². The summed E-state index contributed by atoms with van der Waals surface area (Å²) >= 11 is 1.81. The highest BCUT2D eigenvalue weighted by atomic mass is 32.2. The van der Waals surface area contributed by atoms with Crippen molar-refractivity contribution in [3.05, 3.63) is 29.8 Å². The van der Waals surface area contributed by atoms with Crippen molar-refractivity contribution in [1.29, 1.82) is 0 Å². The van der Waals surface area contributed by atoms with Crippen LogP contribution in [0.4, 0.5) is 0 Å². The molecule has 5 heteroatoms. The van der Waals surface area contributed by atoms with Crippen molar-refractivity contribution >= 4 is 23.6 Å². The van der Waals surface area contributed by atoms with Crippen LogP contribution in [-0.4, -0.2) is 34.6 Å². The van der Waals surface area contributed by atoms with Crippen LogP contribution in [0.5, 0.6) is 0 Å². The van der Waals surface area contributed by atoms with Gasteiger partial charge >= 0.3 is 0 Å². The smallest absolute Gasteiger partial charge is 0.245 e. The first-order chi connectivity index (χ1) is 10.6. The Morgan fingerprint density at radius 3 is 3.00 bits per heavy atom. The monoisotopic (exact) mass is 318 g/mol. The summed E-state index contributed by atoms with van der Waals surface area (Å²) < 4.78 is 0. The Morgan fingerprint density at radius 2 is 2.14 bits per heavy atom. The lowest BCUT2D eigenvalue weighted by Crippen LogP contribution is -2.50. The van der Waals surface area contributed by atoms with E-state index in [9.17, 15) is 9.59 Å². The van der Waals surface area contributed by atoms with Gasteiger partial charge in [-0.3, -0.25) is 9.59 Å². The fourth-order valence-electron chi connectivity index (χ4n) is 3.07. The summed E-state index contributed by atoms with van der Waals surface area (Å²) in [5, 5.41) is 2.90. The molecule has 0 radical (unpaired) electrons. The fraction of sp³-hybridized carbons (Fsp3) is 0.529. The summed E-state index contributed by atoms with van der Waals surface area (Å²) in [5.41, 5.74) is 1.20. The van der Waals surface area contributed by atoms with Crippen LogP contribution < -0.4 is 5.32 Å². The van der Waals surface area contributed by atoms with Crippen LogP contribution >= 0.6 is 11.8 Å². The van der Waals surface area contributed by atoms with E-state index in [-0.39, 0.29) is 23.9 Å². The van der Waals surface area contributed by atoms with Gasteiger partial charge in [0.1, 0.15) is 6.04 Å². The summed E-state index contributed by atoms with van der Waals surface area (Å²) in [7, 11) is 0. The maximum atomic E-state index is 12.9. The van der Waals surface area contributed by atoms with E-state index in [0.29, 0.717) is 13.0 Å². The molecule has 1 aromatic rings. The Hall–Kier alpha value is -1.49. The Bertz CT molecular complexity index is 576. The van der Waals surface area contributed by atoms with E-state index in [1.54, 1.807) is 0 Å². The standard InChI is InChI=1S/C17H22N2O2S/c1-12-11-22-15-8-4-2-6-13(15)10-19(12)17(21)14-7-3-5-9-16(20)18-14/h2,4,6,8,12,14H,3,5,7,9-11H2,1H3,(H,18,20)/t12-,14-/m0/s1. The lowest BCUT2D eigenvalue weighted by atomic mass is 10.1. The lowest BCUT2D eigenvalue weighted by Gasteiger charge is -2.30. The van der Waals surface area contributed by atoms with Crippen molar-refractivity contribution in [3.63, 3.8) is 0 Å². The van der Waals surface area contributed by atoms with E-state index in [1.165, 1.54) is 10.5 Å². The topological polar surface area (TPSA) is 49.4 Å². The van der Waals surface area contributed by atoms with Crippen LogP contribution in [0.3, 0.4) is 0 Å². The molecule has 2 atom stereocenters. The van der Waals surface area contributed by atoms with Gasteiger partial charge in [0.05, 0.1) is 0 Å². The molecule has 2 aliphatic rings. The van der Waals surface area contributed by atoms with Crippen molar-refractivity contribution < 1.29 is 9.59 Å². The Balaban J connectivity index is 1.79. The highest BCUT2D eigenvalue weighted by Gasteiger charge is 2.31. The molecule has 0 aromatic heterocycles. The van der Waals surface area contributed by atoms with E-state index < -0.39 is 0 Å². The van der Waals surface area contributed by atoms with Crippen molar-refractivity contribution in [2.24, 2.45) is 0 Å². The second-order valence-electron chi connectivity index (χ2n) is 6.10. The van der Waals surface area contributed by atoms with Crippen LogP contribution in [-0.2, 0) is 16.1 Å². The predicted molar refractivity (Wildman–Crippen MR) is 87.6 cm³/mol. The van der Waals surface area contributed by atoms with Gasteiger partial charge < -0.3 is 10.2 Å². The molecule has 3 rings (SSSR count). The average Bonchev–Trinajstić information content (AvgIpc) is 2.83. The minimum absolute atomic E-state index is 0.00750. The molecule has 2 heterocycles. The van der Waals surface area contributed by atoms with Crippen LogP contribution in [0.25, 0.3) is 0 Å². The Labute approximate surface area is 135 Å². The molecule has 2 amide bonds. The predicted octanol–water partition coefficient (Wildman–Crippen LogP) is 2.57. The Morgan fingerprint density at radius 1 is 1.32 bits per heavy atom. The summed E-state index contributed by atoms with van der Waals surface area (Å²) in [6.45, 7) is 2.73. The molecule has 1 saturated heterocycles. The minimum atomic E-state index is -0.354. The van der Waals surface area contributed by atoms with E-state index in [2.05, 4.69) is 24.4 Å². The van der Waals surface area contributed by atoms with Crippen molar-refractivity contribution in [2.75, 3.05) is 5.75 Å². The number of nitrogens with zero attached hydrogens (tertiary/aromatic N) is 1. The van der Waals surface area contributed by atoms with Gasteiger partial charge in [0.15, 0.2) is 0 Å². The first kappa shape index (κ1) is 15.4. The van der Waals surface area contributed by atoms with Gasteiger partial charge in [-0.2, -0.15) is 0 Å². The molecular weight excluding hydrogens is 296 g/mol. The zero-order chi connectivity index (χ0) is 15.5. The van der Waals surface area contributed by atoms with Gasteiger partial charge in [-0.15, -0.1) is 11.8 Å². The second-order valence-corrected chi connectivity index (χ2v) is 7.16. The zero-order valence-corrected chi connectivity index (χ0v) is 13.7. The number of carbonyl (C=O) groups excluding carboxylic acids is 2. The lowest BCUT2D eigenvalue weighted by molar-refractivity contribution is -0.138. The van der Waals surface area contributed by atoms with Gasteiger partial charge in [0, 0.05) is 29.7 Å². The fourth-order valence-corrected chi connectivity index (χ4v) is 4.16. The summed E-state index contributed by atoms with van der Waals surface area (Å²) in [6, 6.07) is 8.09. The zero-order valence-electron chi connectivity index (χ0n) is 12.9. The molecule has 118 valence electrons. The van der Waals surface area contributed by atoms with Crippen molar-refractivity contribution in [3.8, 4) is 0 Å². The SMILES string of the molecule is C[C@H]1CSc2ccccc2CN1C(=O)[C@@H]1CCCCC(=O)N1. The highest BCUT2D eigenvalue weighted by Crippen LogP contribution is 2.30. The first-order valence-electron chi connectivity index (χ1n) is 7.95. The number of thioether (sulfide) groups is 1. The van der Waals surface area contributed by atoms with E-state index in [0.717, 1.165) is 25.0 Å². The number of rotatable bonds is 1. The van der Waals surface area contributed by atoms with Gasteiger partial charge in [0.25, 0.3) is 0 Å². The number of nitrogens with one attached hydrogen (secondary N) is 1. The third kappa shape index (κ3) is 3.29. The van der Waals surface area contributed by atoms with Crippen molar-refractivity contribution in [1.82, 2.24) is 10.2 Å². The molecule has 1 fully saturated rings. The number of carbonyl (C=O) groups is 2. The molecule has 1 N–H and O–H groups in total. The molecule has 0 saturated carbocycles. The average molecular weight is 318 g/mol. The molecule has 4 nitrogen and oxygen atoms in total. The number of fused-ring (bicyclic) bond motifs is 1. The van der Waals surface area contributed by atoms with Crippen LogP contribution in [0.15, 0.2) is 29.2 Å². The Kier molecular flexibility index (Phi) is 4.71. The quantitative estimate of drug-likeness (QED) is 0.866. The third-order valence-electron chi connectivity index (χ3n) is 4.39. The first-order valence-corrected chi connectivity index (χ1v) is 8.94. The van der Waals surface area contributed by atoms with Crippen molar-refractivity contribution in [2.45, 2.75) is 56.1 Å². The normalized spacial score (nSPS) is 25.7. The number of benzene rings is 1. The number of hydrogen-bond donors (Lipinski definition) is 1. The molecule has 0 spiro atoms. The van der Waals surface area contributed by atoms with E-state index >= 15 is 0 Å². The molecule has 0 aliphatic carbocycles. The molecule has 0 bridgehead atoms. The number of hydrogen-bond acceptors (Lipinski definition) is 3. The molecule has 22 heavy (non-hydrogen) atoms. The maximum Gasteiger partial charge on any atom is 0.245 e. The van der Waals surface area contributed by atoms with Gasteiger partial charge in [-0.25, -0.2) is 0 Å². The maximum absolute atomic E-state index is 12.9. The highest BCUT2D eigenvalue weighted by molar-refractivity contribution is 7.99. The summed E-state index contributed by atoms with van der Waals surface area (Å²) in [4.78, 5) is 27.9. The third-order valence-corrected chi connectivity index (χ3v) is 5.75. The van der Waals surface area contributed by atoms with Gasteiger partial charge in [-0.05, 0) is 31.4 Å². The van der Waals surface area contributed by atoms with Gasteiger partial charge in [0.2, 0.25) is 11.8 Å². The molecule has 0 unspecified atom stereocenters. The second kappa shape index (κ2) is 6.73. The number of amides is 2. The van der Waals surface area contributed by atoms with E-state index in [1.807, 2.05) is 28.8 Å². The molecular formula is C17H22N2O2S. The van der Waals surface area contributed by atoms with Gasteiger partial charge in [-0.1, -0.05) is 24.6 Å². The van der Waals surface area contributed by atoms with Crippen LogP contribution in [0.2, 0.25) is 0 Å². The van der Waals surface area contributed by atoms with E-state index in [4.69, 9.17) is 0 Å². The summed E-state index contributed by atoms with van der Waals surface area (Å²) in [6.07, 6.45) is 3.10.